The first-order chi connectivity index (χ1) is 6.75. The van der Waals surface area contributed by atoms with Gasteiger partial charge in [-0.3, -0.25) is 0 Å². The molecule has 0 unspecified atom stereocenters. The molecule has 0 amide bonds. The lowest BCUT2D eigenvalue weighted by atomic mass is 10.1. The second kappa shape index (κ2) is 4.13. The van der Waals surface area contributed by atoms with E-state index < -0.39 is 0 Å². The summed E-state index contributed by atoms with van der Waals surface area (Å²) in [6, 6.07) is 5.12. The third kappa shape index (κ3) is 2.15. The summed E-state index contributed by atoms with van der Waals surface area (Å²) in [5.74, 6) is -0.180. The molecule has 0 radical (unpaired) electrons. The van der Waals surface area contributed by atoms with Crippen LogP contribution in [-0.4, -0.2) is 6.54 Å². The van der Waals surface area contributed by atoms with E-state index in [0.717, 1.165) is 29.6 Å². The molecular weight excluding hydrogens is 245 g/mol. The highest BCUT2D eigenvalue weighted by atomic mass is 79.9. The fraction of sp³-hybridized carbons (Fsp3) is 0.273. The van der Waals surface area contributed by atoms with Crippen LogP contribution >= 0.6 is 15.9 Å². The largest absolute Gasteiger partial charge is 0.388 e. The molecule has 1 aromatic carbocycles. The second-order valence-electron chi connectivity index (χ2n) is 3.37. The van der Waals surface area contributed by atoms with Crippen molar-refractivity contribution >= 4 is 22.0 Å². The van der Waals surface area contributed by atoms with Crippen molar-refractivity contribution in [3.63, 3.8) is 0 Å². The van der Waals surface area contributed by atoms with E-state index in [-0.39, 0.29) is 5.82 Å². The van der Waals surface area contributed by atoms with Crippen molar-refractivity contribution in [1.82, 2.24) is 5.32 Å². The third-order valence-corrected chi connectivity index (χ3v) is 2.76. The SMILES string of the molecule is Fc1cc(Br)ccc1C=C1CCCN1. The first kappa shape index (κ1) is 9.71. The molecule has 74 valence electrons. The number of hydrogen-bond donors (Lipinski definition) is 1. The lowest BCUT2D eigenvalue weighted by Crippen LogP contribution is -2.03. The highest BCUT2D eigenvalue weighted by Crippen LogP contribution is 2.19. The van der Waals surface area contributed by atoms with E-state index in [1.165, 1.54) is 6.07 Å². The predicted molar refractivity (Wildman–Crippen MR) is 59.3 cm³/mol. The topological polar surface area (TPSA) is 12.0 Å². The maximum Gasteiger partial charge on any atom is 0.131 e. The standard InChI is InChI=1S/C11H11BrFN/c12-9-4-3-8(11(13)7-9)6-10-2-1-5-14-10/h3-4,6-7,14H,1-2,5H2. The minimum absolute atomic E-state index is 0.180. The van der Waals surface area contributed by atoms with Crippen molar-refractivity contribution in [2.45, 2.75) is 12.8 Å². The summed E-state index contributed by atoms with van der Waals surface area (Å²) >= 11 is 3.23. The first-order valence-corrected chi connectivity index (χ1v) is 5.44. The molecule has 1 saturated heterocycles. The number of benzene rings is 1. The Morgan fingerprint density at radius 2 is 2.29 bits per heavy atom. The maximum atomic E-state index is 13.4. The molecule has 2 rings (SSSR count). The van der Waals surface area contributed by atoms with Crippen molar-refractivity contribution in [2.24, 2.45) is 0 Å². The molecule has 1 heterocycles. The highest BCUT2D eigenvalue weighted by Gasteiger charge is 2.06. The summed E-state index contributed by atoms with van der Waals surface area (Å²) in [6.45, 7) is 1.00. The molecule has 1 aliphatic rings. The summed E-state index contributed by atoms with van der Waals surface area (Å²) in [6.07, 6.45) is 4.05. The Balaban J connectivity index is 2.28. The Kier molecular flexibility index (Phi) is 2.87. The van der Waals surface area contributed by atoms with Crippen molar-refractivity contribution in [3.8, 4) is 0 Å². The fourth-order valence-electron chi connectivity index (χ4n) is 1.55. The van der Waals surface area contributed by atoms with Gasteiger partial charge in [-0.1, -0.05) is 22.0 Å². The van der Waals surface area contributed by atoms with E-state index in [1.807, 2.05) is 12.1 Å². The summed E-state index contributed by atoms with van der Waals surface area (Å²) in [7, 11) is 0. The van der Waals surface area contributed by atoms with Gasteiger partial charge >= 0.3 is 0 Å². The van der Waals surface area contributed by atoms with Gasteiger partial charge in [0.2, 0.25) is 0 Å². The molecule has 0 aromatic heterocycles. The Morgan fingerprint density at radius 1 is 1.43 bits per heavy atom. The number of allylic oxidation sites excluding steroid dienone is 1. The Morgan fingerprint density at radius 3 is 2.93 bits per heavy atom. The predicted octanol–water partition coefficient (Wildman–Crippen LogP) is 3.31. The third-order valence-electron chi connectivity index (χ3n) is 2.27. The van der Waals surface area contributed by atoms with Crippen LogP contribution in [0.25, 0.3) is 6.08 Å². The van der Waals surface area contributed by atoms with Crippen molar-refractivity contribution < 1.29 is 4.39 Å². The summed E-state index contributed by atoms with van der Waals surface area (Å²) in [5, 5.41) is 3.23. The molecular formula is C11H11BrFN. The van der Waals surface area contributed by atoms with Crippen LogP contribution in [0.15, 0.2) is 28.4 Å². The molecule has 3 heteroatoms. The molecule has 1 aliphatic heterocycles. The van der Waals surface area contributed by atoms with E-state index in [9.17, 15) is 4.39 Å². The van der Waals surface area contributed by atoms with Crippen LogP contribution in [0.4, 0.5) is 4.39 Å². The zero-order valence-corrected chi connectivity index (χ0v) is 9.27. The van der Waals surface area contributed by atoms with Crippen LogP contribution in [0.5, 0.6) is 0 Å². The second-order valence-corrected chi connectivity index (χ2v) is 4.28. The van der Waals surface area contributed by atoms with Crippen LogP contribution < -0.4 is 5.32 Å². The van der Waals surface area contributed by atoms with E-state index >= 15 is 0 Å². The zero-order valence-electron chi connectivity index (χ0n) is 7.69. The van der Waals surface area contributed by atoms with Gasteiger partial charge in [0.05, 0.1) is 0 Å². The minimum atomic E-state index is -0.180. The van der Waals surface area contributed by atoms with Gasteiger partial charge in [0.1, 0.15) is 5.82 Å². The maximum absolute atomic E-state index is 13.4. The van der Waals surface area contributed by atoms with E-state index in [4.69, 9.17) is 0 Å². The van der Waals surface area contributed by atoms with Crippen molar-refractivity contribution in [2.75, 3.05) is 6.54 Å². The van der Waals surface area contributed by atoms with Crippen molar-refractivity contribution in [1.29, 1.82) is 0 Å². The quantitative estimate of drug-likeness (QED) is 0.812. The lowest BCUT2D eigenvalue weighted by molar-refractivity contribution is 0.624. The van der Waals surface area contributed by atoms with E-state index in [0.29, 0.717) is 5.56 Å². The molecule has 0 saturated carbocycles. The lowest BCUT2D eigenvalue weighted by Gasteiger charge is -2.01. The van der Waals surface area contributed by atoms with Gasteiger partial charge in [-0.25, -0.2) is 4.39 Å². The average Bonchev–Trinajstić information content (AvgIpc) is 2.62. The van der Waals surface area contributed by atoms with Crippen LogP contribution in [0, 0.1) is 5.82 Å². The van der Waals surface area contributed by atoms with Crippen LogP contribution in [0.3, 0.4) is 0 Å². The van der Waals surface area contributed by atoms with Gasteiger partial charge in [0, 0.05) is 22.3 Å². The molecule has 1 fully saturated rings. The molecule has 14 heavy (non-hydrogen) atoms. The molecule has 1 nitrogen and oxygen atoms in total. The van der Waals surface area contributed by atoms with Gasteiger partial charge < -0.3 is 5.32 Å². The summed E-state index contributed by atoms with van der Waals surface area (Å²) in [4.78, 5) is 0. The molecule has 0 spiro atoms. The van der Waals surface area contributed by atoms with Crippen LogP contribution in [-0.2, 0) is 0 Å². The fourth-order valence-corrected chi connectivity index (χ4v) is 1.88. The highest BCUT2D eigenvalue weighted by molar-refractivity contribution is 9.10. The molecule has 0 bridgehead atoms. The number of rotatable bonds is 1. The number of halogens is 2. The van der Waals surface area contributed by atoms with Gasteiger partial charge in [-0.15, -0.1) is 0 Å². The van der Waals surface area contributed by atoms with E-state index in [1.54, 1.807) is 6.07 Å². The Labute approximate surface area is 91.1 Å². The number of nitrogens with one attached hydrogen (secondary N) is 1. The van der Waals surface area contributed by atoms with Gasteiger partial charge in [0.25, 0.3) is 0 Å². The van der Waals surface area contributed by atoms with Gasteiger partial charge in [0.15, 0.2) is 0 Å². The summed E-state index contributed by atoms with van der Waals surface area (Å²) < 4.78 is 14.2. The molecule has 1 N–H and O–H groups in total. The monoisotopic (exact) mass is 255 g/mol. The van der Waals surface area contributed by atoms with Crippen LogP contribution in [0.2, 0.25) is 0 Å². The Hall–Kier alpha value is -0.830. The molecule has 1 aromatic rings. The van der Waals surface area contributed by atoms with E-state index in [2.05, 4.69) is 21.2 Å². The Bertz CT molecular complexity index is 366. The normalized spacial score (nSPS) is 18.6. The summed E-state index contributed by atoms with van der Waals surface area (Å²) in [5.41, 5.74) is 1.78. The molecule has 0 aliphatic carbocycles. The van der Waals surface area contributed by atoms with Gasteiger partial charge in [-0.05, 0) is 31.1 Å². The first-order valence-electron chi connectivity index (χ1n) is 4.65. The smallest absolute Gasteiger partial charge is 0.131 e. The average molecular weight is 256 g/mol. The van der Waals surface area contributed by atoms with Gasteiger partial charge in [-0.2, -0.15) is 0 Å². The molecule has 0 atom stereocenters. The zero-order chi connectivity index (χ0) is 9.97. The van der Waals surface area contributed by atoms with Crippen LogP contribution in [0.1, 0.15) is 18.4 Å². The van der Waals surface area contributed by atoms with Crippen molar-refractivity contribution in [3.05, 3.63) is 39.7 Å². The number of hydrogen-bond acceptors (Lipinski definition) is 1. The minimum Gasteiger partial charge on any atom is -0.388 e.